The molecule has 0 unspecified atom stereocenters. The topological polar surface area (TPSA) is 84.9 Å². The molecule has 0 aromatic heterocycles. The molecule has 142 valence electrons. The van der Waals surface area contributed by atoms with Gasteiger partial charge in [0.15, 0.2) is 0 Å². The molecule has 2 amide bonds. The van der Waals surface area contributed by atoms with Crippen LogP contribution in [0, 0.1) is 0 Å². The first-order chi connectivity index (χ1) is 12.5. The van der Waals surface area contributed by atoms with Crippen LogP contribution in [0.2, 0.25) is 0 Å². The van der Waals surface area contributed by atoms with Crippen molar-refractivity contribution in [1.29, 1.82) is 0 Å². The molecule has 1 aromatic rings. The van der Waals surface area contributed by atoms with E-state index in [1.54, 1.807) is 6.08 Å². The average molecular weight is 362 g/mol. The van der Waals surface area contributed by atoms with Crippen molar-refractivity contribution >= 4 is 23.9 Å². The number of methoxy groups -OCH3 is 1. The predicted octanol–water partition coefficient (Wildman–Crippen LogP) is 1.63. The Kier molecular flexibility index (Phi) is 9.53. The summed E-state index contributed by atoms with van der Waals surface area (Å²) in [7, 11) is 1.30. The third-order valence-electron chi connectivity index (χ3n) is 3.49. The van der Waals surface area contributed by atoms with Gasteiger partial charge in [0.05, 0.1) is 20.1 Å². The molecule has 7 heteroatoms. The zero-order valence-corrected chi connectivity index (χ0v) is 15.5. The third-order valence-corrected chi connectivity index (χ3v) is 3.49. The summed E-state index contributed by atoms with van der Waals surface area (Å²) in [5, 5.41) is 2.64. The number of amides is 2. The molecule has 0 atom stereocenters. The van der Waals surface area contributed by atoms with E-state index in [4.69, 9.17) is 4.74 Å². The summed E-state index contributed by atoms with van der Waals surface area (Å²) < 4.78 is 9.98. The summed E-state index contributed by atoms with van der Waals surface area (Å²) in [5.74, 6) is -0.0350. The standard InChI is InChI=1S/C19H26N2O5/c1-4-26-17-8-5-16(6-9-17)7-10-18(23)21(13-11-19(24)25-3)14-12-20-15(2)22/h5-10H,4,11-14H2,1-3H3,(H,20,22)/b10-7+. The Morgan fingerprint density at radius 3 is 2.42 bits per heavy atom. The van der Waals surface area contributed by atoms with Crippen molar-refractivity contribution in [3.8, 4) is 5.75 Å². The van der Waals surface area contributed by atoms with Gasteiger partial charge in [-0.05, 0) is 30.7 Å². The van der Waals surface area contributed by atoms with Gasteiger partial charge in [0.2, 0.25) is 11.8 Å². The summed E-state index contributed by atoms with van der Waals surface area (Å²) in [4.78, 5) is 36.2. The summed E-state index contributed by atoms with van der Waals surface area (Å²) in [6.07, 6.45) is 3.24. The molecule has 0 saturated heterocycles. The Morgan fingerprint density at radius 1 is 1.15 bits per heavy atom. The number of carbonyl (C=O) groups excluding carboxylic acids is 3. The minimum Gasteiger partial charge on any atom is -0.494 e. The van der Waals surface area contributed by atoms with Gasteiger partial charge in [-0.2, -0.15) is 0 Å². The zero-order valence-electron chi connectivity index (χ0n) is 15.5. The first kappa shape index (κ1) is 21.2. The molecular weight excluding hydrogens is 336 g/mol. The molecule has 0 radical (unpaired) electrons. The molecule has 0 aliphatic rings. The number of benzene rings is 1. The zero-order chi connectivity index (χ0) is 19.4. The Labute approximate surface area is 154 Å². The van der Waals surface area contributed by atoms with E-state index in [0.717, 1.165) is 11.3 Å². The number of hydrogen-bond donors (Lipinski definition) is 1. The molecule has 0 aliphatic heterocycles. The molecule has 0 bridgehead atoms. The van der Waals surface area contributed by atoms with E-state index in [0.29, 0.717) is 19.7 Å². The maximum atomic E-state index is 12.4. The smallest absolute Gasteiger partial charge is 0.307 e. The van der Waals surface area contributed by atoms with Gasteiger partial charge in [0.25, 0.3) is 0 Å². The Morgan fingerprint density at radius 2 is 1.85 bits per heavy atom. The van der Waals surface area contributed by atoms with Crippen LogP contribution in [0.3, 0.4) is 0 Å². The highest BCUT2D eigenvalue weighted by atomic mass is 16.5. The van der Waals surface area contributed by atoms with E-state index in [2.05, 4.69) is 10.1 Å². The second-order valence-corrected chi connectivity index (χ2v) is 5.47. The van der Waals surface area contributed by atoms with E-state index < -0.39 is 5.97 Å². The molecule has 7 nitrogen and oxygen atoms in total. The van der Waals surface area contributed by atoms with Gasteiger partial charge in [-0.25, -0.2) is 0 Å². The maximum Gasteiger partial charge on any atom is 0.307 e. The minimum atomic E-state index is -0.391. The lowest BCUT2D eigenvalue weighted by molar-refractivity contribution is -0.141. The highest BCUT2D eigenvalue weighted by molar-refractivity contribution is 5.92. The fraction of sp³-hybridized carbons (Fsp3) is 0.421. The molecule has 0 aliphatic carbocycles. The average Bonchev–Trinajstić information content (AvgIpc) is 2.63. The van der Waals surface area contributed by atoms with Gasteiger partial charge < -0.3 is 19.7 Å². The number of nitrogens with zero attached hydrogens (tertiary/aromatic N) is 1. The summed E-state index contributed by atoms with van der Waals surface area (Å²) >= 11 is 0. The molecular formula is C19H26N2O5. The van der Waals surface area contributed by atoms with Crippen LogP contribution in [0.5, 0.6) is 5.75 Å². The van der Waals surface area contributed by atoms with Crippen LogP contribution in [0.15, 0.2) is 30.3 Å². The third kappa shape index (κ3) is 8.32. The fourth-order valence-corrected chi connectivity index (χ4v) is 2.14. The number of nitrogens with one attached hydrogen (secondary N) is 1. The van der Waals surface area contributed by atoms with Crippen LogP contribution >= 0.6 is 0 Å². The predicted molar refractivity (Wildman–Crippen MR) is 98.5 cm³/mol. The molecule has 0 fully saturated rings. The maximum absolute atomic E-state index is 12.4. The lowest BCUT2D eigenvalue weighted by Crippen LogP contribution is -2.38. The van der Waals surface area contributed by atoms with E-state index in [1.165, 1.54) is 25.0 Å². The second kappa shape index (κ2) is 11.7. The molecule has 1 aromatic carbocycles. The second-order valence-electron chi connectivity index (χ2n) is 5.47. The summed E-state index contributed by atoms with van der Waals surface area (Å²) in [6, 6.07) is 7.37. The normalized spacial score (nSPS) is 10.4. The number of ether oxygens (including phenoxy) is 2. The van der Waals surface area contributed by atoms with Crippen LogP contribution in [-0.2, 0) is 19.1 Å². The minimum absolute atomic E-state index is 0.0964. The number of esters is 1. The van der Waals surface area contributed by atoms with Gasteiger partial charge in [-0.15, -0.1) is 0 Å². The molecule has 1 rings (SSSR count). The van der Waals surface area contributed by atoms with Crippen molar-refractivity contribution in [2.75, 3.05) is 33.4 Å². The van der Waals surface area contributed by atoms with Crippen molar-refractivity contribution in [2.45, 2.75) is 20.3 Å². The Balaban J connectivity index is 2.68. The van der Waals surface area contributed by atoms with Gasteiger partial charge in [0.1, 0.15) is 5.75 Å². The molecule has 26 heavy (non-hydrogen) atoms. The van der Waals surface area contributed by atoms with E-state index >= 15 is 0 Å². The van der Waals surface area contributed by atoms with E-state index in [1.807, 2.05) is 31.2 Å². The molecule has 0 spiro atoms. The first-order valence-electron chi connectivity index (χ1n) is 8.47. The SMILES string of the molecule is CCOc1ccc(/C=C/C(=O)N(CCNC(C)=O)CCC(=O)OC)cc1. The highest BCUT2D eigenvalue weighted by Gasteiger charge is 2.13. The number of hydrogen-bond acceptors (Lipinski definition) is 5. The molecule has 0 saturated carbocycles. The van der Waals surface area contributed by atoms with Gasteiger partial charge in [-0.1, -0.05) is 12.1 Å². The number of rotatable bonds is 10. The van der Waals surface area contributed by atoms with Crippen molar-refractivity contribution < 1.29 is 23.9 Å². The summed E-state index contributed by atoms with van der Waals surface area (Å²) in [6.45, 7) is 4.76. The molecule has 0 heterocycles. The van der Waals surface area contributed by atoms with Crippen LogP contribution in [0.25, 0.3) is 6.08 Å². The van der Waals surface area contributed by atoms with Crippen LogP contribution in [-0.4, -0.2) is 56.0 Å². The van der Waals surface area contributed by atoms with Crippen molar-refractivity contribution in [3.63, 3.8) is 0 Å². The highest BCUT2D eigenvalue weighted by Crippen LogP contribution is 2.13. The van der Waals surface area contributed by atoms with Crippen LogP contribution in [0.1, 0.15) is 25.8 Å². The monoisotopic (exact) mass is 362 g/mol. The van der Waals surface area contributed by atoms with Gasteiger partial charge in [0, 0.05) is 32.6 Å². The lowest BCUT2D eigenvalue weighted by Gasteiger charge is -2.20. The largest absolute Gasteiger partial charge is 0.494 e. The number of carbonyl (C=O) groups is 3. The van der Waals surface area contributed by atoms with Crippen molar-refractivity contribution in [1.82, 2.24) is 10.2 Å². The Bertz CT molecular complexity index is 625. The summed E-state index contributed by atoms with van der Waals surface area (Å²) in [5.41, 5.74) is 0.858. The van der Waals surface area contributed by atoms with Gasteiger partial charge >= 0.3 is 5.97 Å². The van der Waals surface area contributed by atoms with Gasteiger partial charge in [-0.3, -0.25) is 14.4 Å². The van der Waals surface area contributed by atoms with E-state index in [9.17, 15) is 14.4 Å². The van der Waals surface area contributed by atoms with Crippen LogP contribution < -0.4 is 10.1 Å². The Hall–Kier alpha value is -2.83. The van der Waals surface area contributed by atoms with Crippen LogP contribution in [0.4, 0.5) is 0 Å². The molecule has 1 N–H and O–H groups in total. The fourth-order valence-electron chi connectivity index (χ4n) is 2.14. The van der Waals surface area contributed by atoms with E-state index in [-0.39, 0.29) is 24.8 Å². The van der Waals surface area contributed by atoms with Crippen molar-refractivity contribution in [2.24, 2.45) is 0 Å². The quantitative estimate of drug-likeness (QED) is 0.505. The first-order valence-corrected chi connectivity index (χ1v) is 8.47. The van der Waals surface area contributed by atoms with Crippen molar-refractivity contribution in [3.05, 3.63) is 35.9 Å². The lowest BCUT2D eigenvalue weighted by atomic mass is 10.2.